The van der Waals surface area contributed by atoms with Crippen LogP contribution in [0.5, 0.6) is 0 Å². The molecule has 0 bridgehead atoms. The number of anilines is 1. The van der Waals surface area contributed by atoms with Crippen molar-refractivity contribution in [2.75, 3.05) is 31.7 Å². The maximum absolute atomic E-state index is 11.8. The number of amides is 1. The van der Waals surface area contributed by atoms with Crippen LogP contribution in [0.4, 0.5) is 5.82 Å². The van der Waals surface area contributed by atoms with E-state index in [-0.39, 0.29) is 12.5 Å². The SMILES string of the molecule is CNC(=O)C1COCCN1c1nnccc1C#N. The summed E-state index contributed by atoms with van der Waals surface area (Å²) in [6.45, 7) is 1.28. The summed E-state index contributed by atoms with van der Waals surface area (Å²) in [5.74, 6) is 0.265. The maximum atomic E-state index is 11.8. The van der Waals surface area contributed by atoms with E-state index in [0.717, 1.165) is 0 Å². The quantitative estimate of drug-likeness (QED) is 0.743. The lowest BCUT2D eigenvalue weighted by Crippen LogP contribution is -2.54. The van der Waals surface area contributed by atoms with Crippen molar-refractivity contribution in [3.05, 3.63) is 17.8 Å². The van der Waals surface area contributed by atoms with Crippen molar-refractivity contribution in [3.63, 3.8) is 0 Å². The van der Waals surface area contributed by atoms with Crippen molar-refractivity contribution >= 4 is 11.7 Å². The molecule has 0 spiro atoms. The first kappa shape index (κ1) is 12.3. The molecule has 2 heterocycles. The van der Waals surface area contributed by atoms with Crippen LogP contribution in [0.25, 0.3) is 0 Å². The van der Waals surface area contributed by atoms with E-state index >= 15 is 0 Å². The third kappa shape index (κ3) is 2.24. The Balaban J connectivity index is 2.34. The molecule has 0 aromatic carbocycles. The Bertz CT molecular complexity index is 485. The predicted octanol–water partition coefficient (Wildman–Crippen LogP) is -0.701. The Morgan fingerprint density at radius 1 is 1.72 bits per heavy atom. The molecule has 1 aromatic rings. The molecule has 1 saturated heterocycles. The minimum Gasteiger partial charge on any atom is -0.377 e. The molecule has 1 amide bonds. The van der Waals surface area contributed by atoms with Crippen LogP contribution in [0.1, 0.15) is 5.56 Å². The highest BCUT2D eigenvalue weighted by atomic mass is 16.5. The molecular formula is C11H13N5O2. The average Bonchev–Trinajstić information content (AvgIpc) is 2.46. The molecule has 7 nitrogen and oxygen atoms in total. The first-order valence-electron chi connectivity index (χ1n) is 5.55. The fourth-order valence-electron chi connectivity index (χ4n) is 1.86. The van der Waals surface area contributed by atoms with Crippen molar-refractivity contribution < 1.29 is 9.53 Å². The summed E-state index contributed by atoms with van der Waals surface area (Å²) >= 11 is 0. The van der Waals surface area contributed by atoms with Crippen LogP contribution in [-0.4, -0.2) is 49.0 Å². The van der Waals surface area contributed by atoms with E-state index in [4.69, 9.17) is 10.00 Å². The van der Waals surface area contributed by atoms with Crippen molar-refractivity contribution in [1.29, 1.82) is 5.26 Å². The molecule has 0 radical (unpaired) electrons. The van der Waals surface area contributed by atoms with Gasteiger partial charge < -0.3 is 15.0 Å². The number of carbonyl (C=O) groups excluding carboxylic acids is 1. The van der Waals surface area contributed by atoms with Gasteiger partial charge in [-0.2, -0.15) is 10.4 Å². The molecular weight excluding hydrogens is 234 g/mol. The zero-order chi connectivity index (χ0) is 13.0. The van der Waals surface area contributed by atoms with Gasteiger partial charge in [-0.25, -0.2) is 0 Å². The molecule has 1 aliphatic heterocycles. The van der Waals surface area contributed by atoms with Crippen LogP contribution >= 0.6 is 0 Å². The Hall–Kier alpha value is -2.20. The Labute approximate surface area is 104 Å². The zero-order valence-electron chi connectivity index (χ0n) is 9.96. The fraction of sp³-hybridized carbons (Fsp3) is 0.455. The number of likely N-dealkylation sites (N-methyl/N-ethyl adjacent to an activating group) is 1. The van der Waals surface area contributed by atoms with Gasteiger partial charge in [0, 0.05) is 13.6 Å². The zero-order valence-corrected chi connectivity index (χ0v) is 9.96. The first-order valence-corrected chi connectivity index (χ1v) is 5.55. The number of carbonyl (C=O) groups is 1. The first-order chi connectivity index (χ1) is 8.77. The average molecular weight is 247 g/mol. The van der Waals surface area contributed by atoms with Gasteiger partial charge in [0.05, 0.1) is 25.0 Å². The number of hydrogen-bond acceptors (Lipinski definition) is 6. The van der Waals surface area contributed by atoms with Crippen LogP contribution in [-0.2, 0) is 9.53 Å². The Morgan fingerprint density at radius 3 is 3.28 bits per heavy atom. The minimum atomic E-state index is -0.479. The molecule has 1 aliphatic rings. The van der Waals surface area contributed by atoms with Crippen molar-refractivity contribution in [1.82, 2.24) is 15.5 Å². The molecule has 0 aliphatic carbocycles. The lowest BCUT2D eigenvalue weighted by Gasteiger charge is -2.35. The smallest absolute Gasteiger partial charge is 0.244 e. The predicted molar refractivity (Wildman–Crippen MR) is 62.8 cm³/mol. The molecule has 1 fully saturated rings. The van der Waals surface area contributed by atoms with Gasteiger partial charge in [0.2, 0.25) is 5.91 Å². The number of hydrogen-bond donors (Lipinski definition) is 1. The number of nitriles is 1. The maximum Gasteiger partial charge on any atom is 0.244 e. The summed E-state index contributed by atoms with van der Waals surface area (Å²) in [4.78, 5) is 13.5. The van der Waals surface area contributed by atoms with E-state index in [0.29, 0.717) is 24.5 Å². The number of nitrogens with zero attached hydrogens (tertiary/aromatic N) is 4. The van der Waals surface area contributed by atoms with Gasteiger partial charge in [0.25, 0.3) is 0 Å². The second-order valence-electron chi connectivity index (χ2n) is 3.78. The van der Waals surface area contributed by atoms with Gasteiger partial charge in [-0.3, -0.25) is 4.79 Å². The van der Waals surface area contributed by atoms with Crippen LogP contribution in [0.15, 0.2) is 12.3 Å². The standard InChI is InChI=1S/C11H13N5O2/c1-13-11(17)9-7-18-5-4-16(9)10-8(6-12)2-3-14-15-10/h2-3,9H,4-5,7H2,1H3,(H,13,17). The Morgan fingerprint density at radius 2 is 2.56 bits per heavy atom. The van der Waals surface area contributed by atoms with Crippen LogP contribution in [0, 0.1) is 11.3 Å². The molecule has 7 heteroatoms. The summed E-state index contributed by atoms with van der Waals surface area (Å²) in [6, 6.07) is 3.16. The molecule has 1 unspecified atom stereocenters. The fourth-order valence-corrected chi connectivity index (χ4v) is 1.86. The highest BCUT2D eigenvalue weighted by Crippen LogP contribution is 2.20. The summed E-state index contributed by atoms with van der Waals surface area (Å²) in [6.07, 6.45) is 1.46. The number of ether oxygens (including phenoxy) is 1. The number of nitrogens with one attached hydrogen (secondary N) is 1. The second-order valence-corrected chi connectivity index (χ2v) is 3.78. The number of morpholine rings is 1. The molecule has 1 atom stereocenters. The van der Waals surface area contributed by atoms with Gasteiger partial charge in [-0.1, -0.05) is 0 Å². The lowest BCUT2D eigenvalue weighted by molar-refractivity contribution is -0.124. The van der Waals surface area contributed by atoms with Gasteiger partial charge in [0.1, 0.15) is 12.1 Å². The molecule has 1 N–H and O–H groups in total. The molecule has 18 heavy (non-hydrogen) atoms. The summed E-state index contributed by atoms with van der Waals surface area (Å²) in [5, 5.41) is 19.4. The molecule has 94 valence electrons. The van der Waals surface area contributed by atoms with E-state index in [2.05, 4.69) is 21.6 Å². The van der Waals surface area contributed by atoms with E-state index in [1.807, 2.05) is 0 Å². The van der Waals surface area contributed by atoms with E-state index in [9.17, 15) is 4.79 Å². The molecule has 1 aromatic heterocycles. The number of rotatable bonds is 2. The van der Waals surface area contributed by atoms with Gasteiger partial charge in [-0.15, -0.1) is 5.10 Å². The van der Waals surface area contributed by atoms with E-state index in [1.54, 1.807) is 18.0 Å². The topological polar surface area (TPSA) is 91.1 Å². The summed E-state index contributed by atoms with van der Waals surface area (Å²) < 4.78 is 5.30. The van der Waals surface area contributed by atoms with E-state index in [1.165, 1.54) is 6.20 Å². The van der Waals surface area contributed by atoms with Crippen LogP contribution in [0.3, 0.4) is 0 Å². The van der Waals surface area contributed by atoms with Gasteiger partial charge in [-0.05, 0) is 6.07 Å². The highest BCUT2D eigenvalue weighted by Gasteiger charge is 2.31. The van der Waals surface area contributed by atoms with Gasteiger partial charge in [0.15, 0.2) is 5.82 Å². The largest absolute Gasteiger partial charge is 0.377 e. The van der Waals surface area contributed by atoms with Crippen LogP contribution < -0.4 is 10.2 Å². The third-order valence-electron chi connectivity index (χ3n) is 2.77. The van der Waals surface area contributed by atoms with Crippen molar-refractivity contribution in [2.45, 2.75) is 6.04 Å². The van der Waals surface area contributed by atoms with Crippen LogP contribution in [0.2, 0.25) is 0 Å². The summed E-state index contributed by atoms with van der Waals surface area (Å²) in [5.41, 5.74) is 0.404. The van der Waals surface area contributed by atoms with E-state index < -0.39 is 6.04 Å². The lowest BCUT2D eigenvalue weighted by atomic mass is 10.2. The van der Waals surface area contributed by atoms with Crippen molar-refractivity contribution in [2.24, 2.45) is 0 Å². The highest BCUT2D eigenvalue weighted by molar-refractivity contribution is 5.85. The third-order valence-corrected chi connectivity index (χ3v) is 2.77. The summed E-state index contributed by atoms with van der Waals surface area (Å²) in [7, 11) is 1.57. The molecule has 0 saturated carbocycles. The molecule has 2 rings (SSSR count). The van der Waals surface area contributed by atoms with Crippen molar-refractivity contribution in [3.8, 4) is 6.07 Å². The van der Waals surface area contributed by atoms with Gasteiger partial charge >= 0.3 is 0 Å². The second kappa shape index (κ2) is 5.42. The minimum absolute atomic E-state index is 0.163. The normalized spacial score (nSPS) is 19.1. The Kier molecular flexibility index (Phi) is 3.69. The number of aromatic nitrogens is 2. The monoisotopic (exact) mass is 247 g/mol.